The highest BCUT2D eigenvalue weighted by Crippen LogP contribution is 2.02. The van der Waals surface area contributed by atoms with Crippen molar-refractivity contribution in [2.75, 3.05) is 0 Å². The Bertz CT molecular complexity index is 206. The molecule has 1 aromatic carbocycles. The molecule has 0 aromatic heterocycles. The third kappa shape index (κ3) is 17.6. The molecule has 0 unspecified atom stereocenters. The molecule has 0 aliphatic carbocycles. The molecular formula is C18H36. The molecule has 0 radical (unpaired) electrons. The van der Waals surface area contributed by atoms with Crippen LogP contribution in [0.15, 0.2) is 24.3 Å². The summed E-state index contributed by atoms with van der Waals surface area (Å²) in [5.74, 6) is 0. The van der Waals surface area contributed by atoms with Crippen LogP contribution in [0.1, 0.15) is 78.9 Å². The Labute approximate surface area is 117 Å². The van der Waals surface area contributed by atoms with Gasteiger partial charge in [-0.1, -0.05) is 97.6 Å². The number of hydrogen-bond donors (Lipinski definition) is 0. The largest absolute Gasteiger partial charge is 0.0683 e. The van der Waals surface area contributed by atoms with E-state index >= 15 is 0 Å². The van der Waals surface area contributed by atoms with Crippen molar-refractivity contribution in [3.05, 3.63) is 35.4 Å². The molecule has 0 bridgehead atoms. The van der Waals surface area contributed by atoms with Crippen LogP contribution >= 0.6 is 0 Å². The van der Waals surface area contributed by atoms with Crippen LogP contribution in [0.3, 0.4) is 0 Å². The molecule has 0 aliphatic rings. The summed E-state index contributed by atoms with van der Waals surface area (Å²) < 4.78 is 0. The van der Waals surface area contributed by atoms with E-state index in [0.717, 1.165) is 6.42 Å². The van der Waals surface area contributed by atoms with Gasteiger partial charge < -0.3 is 0 Å². The second kappa shape index (κ2) is 21.5. The van der Waals surface area contributed by atoms with Gasteiger partial charge in [-0.25, -0.2) is 0 Å². The molecule has 0 heterocycles. The van der Waals surface area contributed by atoms with Crippen molar-refractivity contribution in [2.45, 2.75) is 81.1 Å². The Morgan fingerprint density at radius 1 is 0.722 bits per heavy atom. The monoisotopic (exact) mass is 252 g/mol. The van der Waals surface area contributed by atoms with Gasteiger partial charge >= 0.3 is 0 Å². The van der Waals surface area contributed by atoms with Crippen LogP contribution in [0.4, 0.5) is 0 Å². The van der Waals surface area contributed by atoms with E-state index in [2.05, 4.69) is 52.0 Å². The molecule has 1 rings (SSSR count). The maximum Gasteiger partial charge on any atom is -0.0307 e. The van der Waals surface area contributed by atoms with Crippen molar-refractivity contribution in [1.82, 2.24) is 0 Å². The van der Waals surface area contributed by atoms with Gasteiger partial charge in [-0.3, -0.25) is 0 Å². The Balaban J connectivity index is -0.000000215. The van der Waals surface area contributed by atoms with E-state index in [0.29, 0.717) is 0 Å². The van der Waals surface area contributed by atoms with Crippen LogP contribution in [-0.4, -0.2) is 0 Å². The number of rotatable bonds is 3. The summed E-state index contributed by atoms with van der Waals surface area (Å²) in [6, 6.07) is 8.66. The normalized spacial score (nSPS) is 7.78. The fraction of sp³-hybridized carbons (Fsp3) is 0.667. The topological polar surface area (TPSA) is 0 Å². The molecule has 0 aliphatic heterocycles. The van der Waals surface area contributed by atoms with Gasteiger partial charge in [0.25, 0.3) is 0 Å². The van der Waals surface area contributed by atoms with Crippen LogP contribution in [0, 0.1) is 6.92 Å². The van der Waals surface area contributed by atoms with Gasteiger partial charge in [0.2, 0.25) is 0 Å². The molecule has 0 fully saturated rings. The lowest BCUT2D eigenvalue weighted by Gasteiger charge is -1.94. The molecule has 0 N–H and O–H groups in total. The predicted molar refractivity (Wildman–Crippen MR) is 88.5 cm³/mol. The van der Waals surface area contributed by atoms with Crippen LogP contribution in [0.25, 0.3) is 0 Å². The Kier molecular flexibility index (Phi) is 26.8. The Morgan fingerprint density at radius 2 is 1.11 bits per heavy atom. The molecule has 18 heavy (non-hydrogen) atoms. The van der Waals surface area contributed by atoms with Gasteiger partial charge in [-0.15, -0.1) is 0 Å². The van der Waals surface area contributed by atoms with Gasteiger partial charge in [0.1, 0.15) is 0 Å². The molecule has 0 amide bonds. The zero-order valence-corrected chi connectivity index (χ0v) is 14.1. The average Bonchev–Trinajstić information content (AvgIpc) is 2.46. The highest BCUT2D eigenvalue weighted by atomic mass is 13.9. The average molecular weight is 252 g/mol. The van der Waals surface area contributed by atoms with Crippen LogP contribution in [-0.2, 0) is 6.42 Å². The van der Waals surface area contributed by atoms with Gasteiger partial charge in [0, 0.05) is 0 Å². The fourth-order valence-corrected chi connectivity index (χ4v) is 1.18. The van der Waals surface area contributed by atoms with E-state index in [9.17, 15) is 0 Å². The molecule has 0 nitrogen and oxygen atoms in total. The highest BCUT2D eigenvalue weighted by molar-refractivity contribution is 5.20. The molecule has 1 aromatic rings. The summed E-state index contributed by atoms with van der Waals surface area (Å²) >= 11 is 0. The quantitative estimate of drug-likeness (QED) is 0.554. The molecule has 0 saturated heterocycles. The first-order valence-electron chi connectivity index (χ1n) is 7.80. The summed E-state index contributed by atoms with van der Waals surface area (Å²) in [6.07, 6.45) is 5.22. The van der Waals surface area contributed by atoms with E-state index in [1.807, 2.05) is 27.7 Å². The number of hydrogen-bond acceptors (Lipinski definition) is 0. The summed E-state index contributed by atoms with van der Waals surface area (Å²) in [6.45, 7) is 16.7. The van der Waals surface area contributed by atoms with Gasteiger partial charge in [-0.2, -0.15) is 0 Å². The first kappa shape index (κ1) is 22.4. The van der Waals surface area contributed by atoms with Crippen LogP contribution in [0.5, 0.6) is 0 Å². The lowest BCUT2D eigenvalue weighted by Crippen LogP contribution is -1.77. The minimum Gasteiger partial charge on any atom is -0.0683 e. The molecule has 0 heteroatoms. The maximum atomic E-state index is 2.21. The first-order valence-corrected chi connectivity index (χ1v) is 7.80. The number of aryl methyl sites for hydroxylation is 2. The van der Waals surface area contributed by atoms with Crippen molar-refractivity contribution in [3.8, 4) is 0 Å². The summed E-state index contributed by atoms with van der Waals surface area (Å²) in [7, 11) is 0. The van der Waals surface area contributed by atoms with Crippen molar-refractivity contribution >= 4 is 0 Å². The van der Waals surface area contributed by atoms with Crippen molar-refractivity contribution < 1.29 is 0 Å². The number of unbranched alkanes of at least 4 members (excludes halogenated alkanes) is 2. The Hall–Kier alpha value is -0.780. The van der Waals surface area contributed by atoms with E-state index in [-0.39, 0.29) is 0 Å². The number of benzene rings is 1. The maximum absolute atomic E-state index is 2.21. The molecule has 108 valence electrons. The smallest absolute Gasteiger partial charge is 0.0307 e. The van der Waals surface area contributed by atoms with Crippen molar-refractivity contribution in [1.29, 1.82) is 0 Å². The van der Waals surface area contributed by atoms with Crippen LogP contribution < -0.4 is 0 Å². The second-order valence-electron chi connectivity index (χ2n) is 3.69. The summed E-state index contributed by atoms with van der Waals surface area (Å²) in [4.78, 5) is 0. The van der Waals surface area contributed by atoms with E-state index in [4.69, 9.17) is 0 Å². The van der Waals surface area contributed by atoms with Gasteiger partial charge in [-0.05, 0) is 18.9 Å². The molecular weight excluding hydrogens is 216 g/mol. The molecule has 0 atom stereocenters. The third-order valence-corrected chi connectivity index (χ3v) is 2.24. The summed E-state index contributed by atoms with van der Waals surface area (Å²) in [5, 5.41) is 0. The van der Waals surface area contributed by atoms with Crippen LogP contribution in [0.2, 0.25) is 0 Å². The lowest BCUT2D eigenvalue weighted by molar-refractivity contribution is 0.772. The minimum atomic E-state index is 1.14. The fourth-order valence-electron chi connectivity index (χ4n) is 1.18. The SMILES string of the molecule is CC.CC.CCCCC.CCc1ccc(C)cc1. The van der Waals surface area contributed by atoms with Crippen molar-refractivity contribution in [2.24, 2.45) is 0 Å². The van der Waals surface area contributed by atoms with Crippen molar-refractivity contribution in [3.63, 3.8) is 0 Å². The van der Waals surface area contributed by atoms with E-state index in [1.54, 1.807) is 0 Å². The van der Waals surface area contributed by atoms with Gasteiger partial charge in [0.15, 0.2) is 0 Å². The summed E-state index contributed by atoms with van der Waals surface area (Å²) in [5.41, 5.74) is 2.76. The zero-order chi connectivity index (χ0) is 14.8. The highest BCUT2D eigenvalue weighted by Gasteiger charge is 1.84. The predicted octanol–water partition coefficient (Wildman–Crippen LogP) is 6.81. The lowest BCUT2D eigenvalue weighted by atomic mass is 10.1. The standard InChI is InChI=1S/C9H12.C5H12.2C2H6/c1-3-9-6-4-8(2)5-7-9;1-3-5-4-2;2*1-2/h4-7H,3H2,1-2H3;3-5H2,1-2H3;2*1-2H3. The molecule has 0 saturated carbocycles. The van der Waals surface area contributed by atoms with E-state index < -0.39 is 0 Å². The minimum absolute atomic E-state index is 1.14. The Morgan fingerprint density at radius 3 is 1.33 bits per heavy atom. The first-order chi connectivity index (χ1) is 8.74. The third-order valence-electron chi connectivity index (χ3n) is 2.24. The van der Waals surface area contributed by atoms with Gasteiger partial charge in [0.05, 0.1) is 0 Å². The molecule has 0 spiro atoms. The van der Waals surface area contributed by atoms with E-state index in [1.165, 1.54) is 30.4 Å². The second-order valence-corrected chi connectivity index (χ2v) is 3.69. The zero-order valence-electron chi connectivity index (χ0n) is 14.1.